The molecule has 8 heteroatoms. The van der Waals surface area contributed by atoms with E-state index in [4.69, 9.17) is 0 Å². The highest BCUT2D eigenvalue weighted by atomic mass is 79.9. The monoisotopic (exact) mass is 284 g/mol. The third-order valence-corrected chi connectivity index (χ3v) is 2.16. The fraction of sp³-hybridized carbons (Fsp3) is 0.286. The number of nitro groups is 1. The van der Waals surface area contributed by atoms with Gasteiger partial charge in [0, 0.05) is 11.4 Å². The molecular formula is C7H4BrF3N2O2. The van der Waals surface area contributed by atoms with Gasteiger partial charge in [0.15, 0.2) is 0 Å². The third kappa shape index (κ3) is 2.44. The molecule has 0 saturated heterocycles. The number of hydrogen-bond acceptors (Lipinski definition) is 3. The van der Waals surface area contributed by atoms with Crippen molar-refractivity contribution in [2.24, 2.45) is 0 Å². The fourth-order valence-corrected chi connectivity index (χ4v) is 1.45. The summed E-state index contributed by atoms with van der Waals surface area (Å²) in [5.74, 6) is -1.95. The van der Waals surface area contributed by atoms with Gasteiger partial charge in [-0.3, -0.25) is 0 Å². The zero-order valence-corrected chi connectivity index (χ0v) is 8.67. The van der Waals surface area contributed by atoms with E-state index in [1.165, 1.54) is 0 Å². The summed E-state index contributed by atoms with van der Waals surface area (Å²) in [5.41, 5.74) is -1.28. The molecule has 1 rings (SSSR count). The van der Waals surface area contributed by atoms with Crippen LogP contribution < -0.4 is 0 Å². The van der Waals surface area contributed by atoms with E-state index in [1.807, 2.05) is 0 Å². The average Bonchev–Trinajstić information content (AvgIpc) is 2.16. The predicted molar refractivity (Wildman–Crippen MR) is 48.4 cm³/mol. The number of rotatable bonds is 3. The largest absolute Gasteiger partial charge is 0.370 e. The van der Waals surface area contributed by atoms with Crippen molar-refractivity contribution in [1.82, 2.24) is 4.98 Å². The minimum atomic E-state index is -3.04. The first-order valence-electron chi connectivity index (χ1n) is 3.65. The molecule has 1 heterocycles. The molecule has 0 radical (unpaired) electrons. The zero-order chi connectivity index (χ0) is 11.6. The van der Waals surface area contributed by atoms with Crippen LogP contribution in [0.2, 0.25) is 0 Å². The summed E-state index contributed by atoms with van der Waals surface area (Å²) in [4.78, 5) is 12.5. The van der Waals surface area contributed by atoms with Crippen molar-refractivity contribution in [1.29, 1.82) is 0 Å². The van der Waals surface area contributed by atoms with E-state index < -0.39 is 28.7 Å². The van der Waals surface area contributed by atoms with Gasteiger partial charge in [-0.05, 0) is 9.91 Å². The molecule has 1 aromatic rings. The lowest BCUT2D eigenvalue weighted by atomic mass is 10.2. The van der Waals surface area contributed by atoms with Gasteiger partial charge in [0.2, 0.25) is 5.69 Å². The molecule has 0 fully saturated rings. The van der Waals surface area contributed by atoms with Crippen LogP contribution in [0.3, 0.4) is 0 Å². The van der Waals surface area contributed by atoms with Crippen LogP contribution in [0.1, 0.15) is 17.7 Å². The number of pyridine rings is 1. The van der Waals surface area contributed by atoms with Crippen LogP contribution in [-0.4, -0.2) is 9.91 Å². The molecule has 0 amide bonds. The molecule has 0 aliphatic rings. The van der Waals surface area contributed by atoms with Gasteiger partial charge in [-0.1, -0.05) is 15.9 Å². The summed E-state index contributed by atoms with van der Waals surface area (Å²) in [6.07, 6.45) is -3.04. The van der Waals surface area contributed by atoms with Gasteiger partial charge in [0.1, 0.15) is 5.82 Å². The molecule has 4 nitrogen and oxygen atoms in total. The van der Waals surface area contributed by atoms with E-state index in [9.17, 15) is 23.3 Å². The molecular weight excluding hydrogens is 281 g/mol. The second-order valence-electron chi connectivity index (χ2n) is 2.52. The van der Waals surface area contributed by atoms with Crippen molar-refractivity contribution in [3.05, 3.63) is 33.3 Å². The average molecular weight is 285 g/mol. The maximum Gasteiger partial charge on any atom is 0.370 e. The molecule has 1 aromatic heterocycles. The standard InChI is InChI=1S/C7H4BrF3N2O2/c8-2-3-4(9)1-5(6(10)11)12-7(3)13(14)15/h1,6H,2H2. The second-order valence-corrected chi connectivity index (χ2v) is 3.08. The SMILES string of the molecule is O=[N+]([O-])c1nc(C(F)F)cc(F)c1CBr. The maximum atomic E-state index is 13.1. The number of hydrogen-bond donors (Lipinski definition) is 0. The summed E-state index contributed by atoms with van der Waals surface area (Å²) in [6, 6.07) is 0.494. The van der Waals surface area contributed by atoms with Gasteiger partial charge in [0.25, 0.3) is 0 Å². The Bertz CT molecular complexity index is 400. The number of nitrogens with zero attached hydrogens (tertiary/aromatic N) is 2. The highest BCUT2D eigenvalue weighted by Crippen LogP contribution is 2.26. The summed E-state index contributed by atoms with van der Waals surface area (Å²) in [7, 11) is 0. The van der Waals surface area contributed by atoms with Crippen molar-refractivity contribution < 1.29 is 18.1 Å². The molecule has 15 heavy (non-hydrogen) atoms. The van der Waals surface area contributed by atoms with E-state index in [0.717, 1.165) is 0 Å². The van der Waals surface area contributed by atoms with Crippen LogP contribution in [0, 0.1) is 15.9 Å². The van der Waals surface area contributed by atoms with Crippen LogP contribution in [0.15, 0.2) is 6.07 Å². The molecule has 0 bridgehead atoms. The molecule has 0 aliphatic heterocycles. The van der Waals surface area contributed by atoms with E-state index in [2.05, 4.69) is 20.9 Å². The van der Waals surface area contributed by atoms with E-state index in [1.54, 1.807) is 0 Å². The Balaban J connectivity index is 3.38. The first-order chi connectivity index (χ1) is 6.97. The minimum absolute atomic E-state index is 0.161. The minimum Gasteiger partial charge on any atom is -0.358 e. The highest BCUT2D eigenvalue weighted by Gasteiger charge is 2.25. The molecule has 0 N–H and O–H groups in total. The van der Waals surface area contributed by atoms with Gasteiger partial charge in [0.05, 0.1) is 5.56 Å². The molecule has 82 valence electrons. The molecule has 0 aromatic carbocycles. The van der Waals surface area contributed by atoms with Gasteiger partial charge in [-0.15, -0.1) is 0 Å². The Hall–Kier alpha value is -1.18. The smallest absolute Gasteiger partial charge is 0.358 e. The first-order valence-corrected chi connectivity index (χ1v) is 4.77. The number of halogens is 4. The predicted octanol–water partition coefficient (Wildman–Crippen LogP) is 2.96. The third-order valence-electron chi connectivity index (χ3n) is 1.60. The second kappa shape index (κ2) is 4.56. The maximum absolute atomic E-state index is 13.1. The van der Waals surface area contributed by atoms with Crippen molar-refractivity contribution >= 4 is 21.7 Å². The lowest BCUT2D eigenvalue weighted by molar-refractivity contribution is -0.390. The molecule has 0 unspecified atom stereocenters. The van der Waals surface area contributed by atoms with E-state index in [-0.39, 0.29) is 10.9 Å². The van der Waals surface area contributed by atoms with E-state index >= 15 is 0 Å². The van der Waals surface area contributed by atoms with Crippen molar-refractivity contribution in [2.45, 2.75) is 11.8 Å². The summed E-state index contributed by atoms with van der Waals surface area (Å²) in [5, 5.41) is 10.3. The van der Waals surface area contributed by atoms with Crippen molar-refractivity contribution in [3.63, 3.8) is 0 Å². The molecule has 0 aliphatic carbocycles. The zero-order valence-electron chi connectivity index (χ0n) is 7.08. The Labute approximate surface area is 90.4 Å². The van der Waals surface area contributed by atoms with Gasteiger partial charge in [-0.2, -0.15) is 0 Å². The van der Waals surface area contributed by atoms with Crippen LogP contribution in [0.4, 0.5) is 19.0 Å². The van der Waals surface area contributed by atoms with Crippen LogP contribution in [-0.2, 0) is 5.33 Å². The quantitative estimate of drug-likeness (QED) is 0.487. The first kappa shape index (κ1) is 11.9. The normalized spacial score (nSPS) is 10.7. The number of aromatic nitrogens is 1. The summed E-state index contributed by atoms with van der Waals surface area (Å²) in [6.45, 7) is 0. The van der Waals surface area contributed by atoms with E-state index in [0.29, 0.717) is 6.07 Å². The Morgan fingerprint density at radius 2 is 2.20 bits per heavy atom. The highest BCUT2D eigenvalue weighted by molar-refractivity contribution is 9.08. The lowest BCUT2D eigenvalue weighted by Gasteiger charge is -2.02. The van der Waals surface area contributed by atoms with Crippen molar-refractivity contribution in [2.75, 3.05) is 0 Å². The van der Waals surface area contributed by atoms with Crippen LogP contribution >= 0.6 is 15.9 Å². The Morgan fingerprint density at radius 1 is 1.60 bits per heavy atom. The van der Waals surface area contributed by atoms with Crippen LogP contribution in [0.25, 0.3) is 0 Å². The fourth-order valence-electron chi connectivity index (χ4n) is 0.932. The number of alkyl halides is 3. The Kier molecular flexibility index (Phi) is 3.61. The molecule has 0 saturated carbocycles. The Morgan fingerprint density at radius 3 is 2.60 bits per heavy atom. The topological polar surface area (TPSA) is 56.0 Å². The van der Waals surface area contributed by atoms with Crippen molar-refractivity contribution in [3.8, 4) is 0 Å². The molecule has 0 atom stereocenters. The summed E-state index contributed by atoms with van der Waals surface area (Å²) >= 11 is 2.82. The van der Waals surface area contributed by atoms with Crippen LogP contribution in [0.5, 0.6) is 0 Å². The lowest BCUT2D eigenvalue weighted by Crippen LogP contribution is -2.04. The van der Waals surface area contributed by atoms with Gasteiger partial charge < -0.3 is 10.1 Å². The van der Waals surface area contributed by atoms with Gasteiger partial charge in [-0.25, -0.2) is 13.2 Å². The summed E-state index contributed by atoms with van der Waals surface area (Å²) < 4.78 is 37.4. The van der Waals surface area contributed by atoms with Gasteiger partial charge >= 0.3 is 12.2 Å². The molecule has 0 spiro atoms.